The van der Waals surface area contributed by atoms with Crippen LogP contribution in [0.5, 0.6) is 0 Å². The monoisotopic (exact) mass is 590 g/mol. The van der Waals surface area contributed by atoms with Crippen molar-refractivity contribution in [3.63, 3.8) is 0 Å². The molecule has 0 N–H and O–H groups in total. The van der Waals surface area contributed by atoms with Crippen LogP contribution in [0.1, 0.15) is 0 Å². The van der Waals surface area contributed by atoms with E-state index in [4.69, 9.17) is 9.97 Å². The Morgan fingerprint density at radius 3 is 1.80 bits per heavy atom. The maximum atomic E-state index is 5.34. The fraction of sp³-hybridized carbons (Fsp3) is 0. The lowest BCUT2D eigenvalue weighted by Gasteiger charge is -2.13. The van der Waals surface area contributed by atoms with Gasteiger partial charge in [0.15, 0.2) is 5.82 Å². The Kier molecular flexibility index (Phi) is 6.03. The molecule has 2 heterocycles. The van der Waals surface area contributed by atoms with Crippen LogP contribution in [0.3, 0.4) is 0 Å². The van der Waals surface area contributed by atoms with Gasteiger partial charge in [0.05, 0.1) is 11.2 Å². The molecule has 0 bridgehead atoms. The lowest BCUT2D eigenvalue weighted by Crippen LogP contribution is -1.96. The molecule has 0 unspecified atom stereocenters. The molecule has 3 heteroatoms. The molecular weight excluding hydrogens is 565 g/mol. The second-order valence-corrected chi connectivity index (χ2v) is 12.4. The second-order valence-electron chi connectivity index (χ2n) is 11.3. The third kappa shape index (κ3) is 4.32. The van der Waals surface area contributed by atoms with Gasteiger partial charge in [-0.15, -0.1) is 11.3 Å². The Balaban J connectivity index is 1.30. The molecular formula is C42H26N2S. The van der Waals surface area contributed by atoms with Gasteiger partial charge in [-0.2, -0.15) is 0 Å². The summed E-state index contributed by atoms with van der Waals surface area (Å²) < 4.78 is 2.58. The molecule has 9 rings (SSSR count). The maximum Gasteiger partial charge on any atom is 0.161 e. The number of aromatic nitrogens is 2. The van der Waals surface area contributed by atoms with Crippen molar-refractivity contribution < 1.29 is 0 Å². The Hall–Kier alpha value is -5.64. The molecule has 0 aliphatic carbocycles. The Labute approximate surface area is 264 Å². The summed E-state index contributed by atoms with van der Waals surface area (Å²) in [5, 5.41) is 5.97. The van der Waals surface area contributed by atoms with Gasteiger partial charge >= 0.3 is 0 Å². The predicted octanol–water partition coefficient (Wildman–Crippen LogP) is 11.8. The van der Waals surface area contributed by atoms with Crippen LogP contribution in [0, 0.1) is 0 Å². The first-order chi connectivity index (χ1) is 22.3. The van der Waals surface area contributed by atoms with Crippen molar-refractivity contribution in [2.45, 2.75) is 0 Å². The first-order valence-corrected chi connectivity index (χ1v) is 16.0. The molecule has 0 spiro atoms. The van der Waals surface area contributed by atoms with E-state index in [2.05, 4.69) is 158 Å². The largest absolute Gasteiger partial charge is 0.228 e. The summed E-state index contributed by atoms with van der Waals surface area (Å²) in [6, 6.07) is 55.9. The Morgan fingerprint density at radius 2 is 1.02 bits per heavy atom. The van der Waals surface area contributed by atoms with Crippen molar-refractivity contribution in [1.29, 1.82) is 0 Å². The zero-order valence-corrected chi connectivity index (χ0v) is 25.1. The number of nitrogens with zero attached hydrogens (tertiary/aromatic N) is 2. The van der Waals surface area contributed by atoms with Gasteiger partial charge in [-0.1, -0.05) is 140 Å². The number of hydrogen-bond donors (Lipinski definition) is 0. The molecule has 0 aliphatic heterocycles. The van der Waals surface area contributed by atoms with Gasteiger partial charge in [-0.05, 0) is 45.8 Å². The number of hydrogen-bond acceptors (Lipinski definition) is 3. The van der Waals surface area contributed by atoms with Crippen LogP contribution < -0.4 is 0 Å². The quantitative estimate of drug-likeness (QED) is 0.204. The number of benzene rings is 7. The van der Waals surface area contributed by atoms with Crippen LogP contribution in [-0.2, 0) is 0 Å². The van der Waals surface area contributed by atoms with E-state index in [1.807, 2.05) is 11.3 Å². The minimum atomic E-state index is 0.741. The normalized spacial score (nSPS) is 11.6. The highest BCUT2D eigenvalue weighted by Gasteiger charge is 2.19. The van der Waals surface area contributed by atoms with Gasteiger partial charge in [0.2, 0.25) is 0 Å². The average Bonchev–Trinajstić information content (AvgIpc) is 3.51. The van der Waals surface area contributed by atoms with Crippen molar-refractivity contribution in [3.05, 3.63) is 158 Å². The first kappa shape index (κ1) is 25.8. The van der Waals surface area contributed by atoms with Crippen molar-refractivity contribution in [3.8, 4) is 44.9 Å². The highest BCUT2D eigenvalue weighted by atomic mass is 32.1. The molecule has 2 nitrogen and oxygen atoms in total. The molecule has 0 saturated heterocycles. The van der Waals surface area contributed by atoms with E-state index in [9.17, 15) is 0 Å². The minimum absolute atomic E-state index is 0.741. The number of thiophene rings is 1. The molecule has 210 valence electrons. The fourth-order valence-electron chi connectivity index (χ4n) is 6.56. The van der Waals surface area contributed by atoms with Gasteiger partial charge in [0.25, 0.3) is 0 Å². The van der Waals surface area contributed by atoms with Gasteiger partial charge in [0, 0.05) is 42.1 Å². The zero-order chi connectivity index (χ0) is 29.7. The van der Waals surface area contributed by atoms with Crippen molar-refractivity contribution in [2.75, 3.05) is 0 Å². The molecule has 2 aromatic heterocycles. The Bertz CT molecular complexity index is 2510. The van der Waals surface area contributed by atoms with Crippen molar-refractivity contribution in [2.24, 2.45) is 0 Å². The first-order valence-electron chi connectivity index (χ1n) is 15.2. The van der Waals surface area contributed by atoms with Crippen molar-refractivity contribution >= 4 is 53.2 Å². The molecule has 0 fully saturated rings. The Morgan fingerprint density at radius 1 is 0.400 bits per heavy atom. The minimum Gasteiger partial charge on any atom is -0.228 e. The topological polar surface area (TPSA) is 25.8 Å². The predicted molar refractivity (Wildman–Crippen MR) is 192 cm³/mol. The highest BCUT2D eigenvalue weighted by molar-refractivity contribution is 7.26. The lowest BCUT2D eigenvalue weighted by atomic mass is 9.95. The fourth-order valence-corrected chi connectivity index (χ4v) is 7.81. The molecule has 45 heavy (non-hydrogen) atoms. The number of para-hydroxylation sites is 1. The summed E-state index contributed by atoms with van der Waals surface area (Å²) in [6.07, 6.45) is 0. The molecule has 0 atom stereocenters. The maximum absolute atomic E-state index is 5.34. The van der Waals surface area contributed by atoms with E-state index in [0.29, 0.717) is 0 Å². The van der Waals surface area contributed by atoms with Crippen LogP contribution in [0.4, 0.5) is 0 Å². The van der Waals surface area contributed by atoms with Gasteiger partial charge < -0.3 is 0 Å². The van der Waals surface area contributed by atoms with Crippen LogP contribution in [0.2, 0.25) is 0 Å². The van der Waals surface area contributed by atoms with Gasteiger partial charge in [0.1, 0.15) is 0 Å². The van der Waals surface area contributed by atoms with E-state index in [-0.39, 0.29) is 0 Å². The third-order valence-corrected chi connectivity index (χ3v) is 9.90. The smallest absolute Gasteiger partial charge is 0.161 e. The van der Waals surface area contributed by atoms with Crippen molar-refractivity contribution in [1.82, 2.24) is 9.97 Å². The van der Waals surface area contributed by atoms with E-state index in [1.165, 1.54) is 53.2 Å². The number of rotatable bonds is 4. The lowest BCUT2D eigenvalue weighted by molar-refractivity contribution is 1.24. The highest BCUT2D eigenvalue weighted by Crippen LogP contribution is 2.45. The third-order valence-electron chi connectivity index (χ3n) is 8.70. The molecule has 0 saturated carbocycles. The van der Waals surface area contributed by atoms with E-state index in [1.54, 1.807) is 0 Å². The average molecular weight is 591 g/mol. The summed E-state index contributed by atoms with van der Waals surface area (Å²) in [6.45, 7) is 0. The molecule has 7 aromatic carbocycles. The summed E-state index contributed by atoms with van der Waals surface area (Å²) in [5.74, 6) is 0.741. The van der Waals surface area contributed by atoms with E-state index in [0.717, 1.165) is 33.5 Å². The molecule has 0 amide bonds. The van der Waals surface area contributed by atoms with Gasteiger partial charge in [-0.25, -0.2) is 9.97 Å². The van der Waals surface area contributed by atoms with Gasteiger partial charge in [-0.3, -0.25) is 0 Å². The van der Waals surface area contributed by atoms with Crippen LogP contribution in [0.15, 0.2) is 158 Å². The second kappa shape index (κ2) is 10.5. The standard InChI is InChI=1S/C42H26N2S/c1-3-12-27(13-4-1)28-22-24-30(25-23-28)40-34-18-9-10-20-37(34)43-42(44-40)35-26-36-39-31(29-14-5-2-6-15-29)19-11-21-38(39)45-41(36)33-17-8-7-16-32(33)35/h1-26H. The molecule has 0 aliphatic rings. The van der Waals surface area contributed by atoms with E-state index >= 15 is 0 Å². The zero-order valence-electron chi connectivity index (χ0n) is 24.3. The number of fused-ring (bicyclic) bond motifs is 6. The summed E-state index contributed by atoms with van der Waals surface area (Å²) in [4.78, 5) is 10.5. The SMILES string of the molecule is c1ccc(-c2ccc(-c3nc(-c4cc5c(sc6cccc(-c7ccccc7)c65)c5ccccc45)nc4ccccc34)cc2)cc1. The summed E-state index contributed by atoms with van der Waals surface area (Å²) in [5.41, 5.74) is 8.87. The van der Waals surface area contributed by atoms with E-state index < -0.39 is 0 Å². The summed E-state index contributed by atoms with van der Waals surface area (Å²) in [7, 11) is 0. The van der Waals surface area contributed by atoms with Crippen LogP contribution in [0.25, 0.3) is 86.7 Å². The van der Waals surface area contributed by atoms with Crippen LogP contribution in [-0.4, -0.2) is 9.97 Å². The molecule has 0 radical (unpaired) electrons. The summed E-state index contributed by atoms with van der Waals surface area (Å²) >= 11 is 1.87. The molecule has 9 aromatic rings. The van der Waals surface area contributed by atoms with Crippen LogP contribution >= 0.6 is 11.3 Å².